The standard InChI is InChI=1S/C15H20N2O/c16-14-7-3-6-13(14)15(18)17-9-8-11-4-1-2-5-12(11)10-17/h1-2,4-5,13-14H,3,6-10,16H2. The third-order valence-electron chi connectivity index (χ3n) is 4.33. The number of benzene rings is 1. The average molecular weight is 244 g/mol. The summed E-state index contributed by atoms with van der Waals surface area (Å²) in [5, 5.41) is 0. The molecule has 2 atom stereocenters. The van der Waals surface area contributed by atoms with Gasteiger partial charge in [-0.2, -0.15) is 0 Å². The second kappa shape index (κ2) is 4.73. The molecule has 2 N–H and O–H groups in total. The molecule has 1 fully saturated rings. The Bertz CT molecular complexity index is 458. The molecule has 1 aliphatic heterocycles. The van der Waals surface area contributed by atoms with Gasteiger partial charge in [0.1, 0.15) is 0 Å². The monoisotopic (exact) mass is 244 g/mol. The van der Waals surface area contributed by atoms with Gasteiger partial charge >= 0.3 is 0 Å². The molecule has 3 nitrogen and oxygen atoms in total. The first-order valence-corrected chi connectivity index (χ1v) is 6.87. The van der Waals surface area contributed by atoms with Crippen molar-refractivity contribution in [2.24, 2.45) is 11.7 Å². The molecule has 1 aromatic carbocycles. The molecule has 1 aliphatic carbocycles. The van der Waals surface area contributed by atoms with E-state index in [1.807, 2.05) is 11.0 Å². The van der Waals surface area contributed by atoms with Gasteiger partial charge in [0, 0.05) is 19.1 Å². The van der Waals surface area contributed by atoms with Gasteiger partial charge in [0.25, 0.3) is 0 Å². The molecule has 2 aliphatic rings. The first-order valence-electron chi connectivity index (χ1n) is 6.87. The van der Waals surface area contributed by atoms with Crippen LogP contribution in [-0.4, -0.2) is 23.4 Å². The summed E-state index contributed by atoms with van der Waals surface area (Å²) >= 11 is 0. The van der Waals surface area contributed by atoms with E-state index in [-0.39, 0.29) is 17.9 Å². The lowest BCUT2D eigenvalue weighted by atomic mass is 9.97. The number of nitrogens with zero attached hydrogens (tertiary/aromatic N) is 1. The molecule has 1 heterocycles. The van der Waals surface area contributed by atoms with Gasteiger partial charge in [0.2, 0.25) is 5.91 Å². The van der Waals surface area contributed by atoms with Gasteiger partial charge < -0.3 is 10.6 Å². The second-order valence-corrected chi connectivity index (χ2v) is 5.48. The highest BCUT2D eigenvalue weighted by Gasteiger charge is 2.34. The van der Waals surface area contributed by atoms with E-state index in [4.69, 9.17) is 5.73 Å². The lowest BCUT2D eigenvalue weighted by Crippen LogP contribution is -2.43. The van der Waals surface area contributed by atoms with Gasteiger partial charge in [-0.25, -0.2) is 0 Å². The Kier molecular flexibility index (Phi) is 3.08. The van der Waals surface area contributed by atoms with Crippen molar-refractivity contribution in [1.82, 2.24) is 4.90 Å². The van der Waals surface area contributed by atoms with Crippen LogP contribution in [0, 0.1) is 5.92 Å². The maximum absolute atomic E-state index is 12.5. The van der Waals surface area contributed by atoms with E-state index >= 15 is 0 Å². The molecule has 1 saturated carbocycles. The first kappa shape index (κ1) is 11.7. The van der Waals surface area contributed by atoms with Crippen LogP contribution in [0.2, 0.25) is 0 Å². The molecule has 3 heteroatoms. The predicted octanol–water partition coefficient (Wildman–Crippen LogP) is 1.70. The summed E-state index contributed by atoms with van der Waals surface area (Å²) < 4.78 is 0. The Morgan fingerprint density at radius 2 is 2.00 bits per heavy atom. The number of carbonyl (C=O) groups is 1. The Hall–Kier alpha value is -1.35. The highest BCUT2D eigenvalue weighted by atomic mass is 16.2. The first-order chi connectivity index (χ1) is 8.75. The fourth-order valence-corrected chi connectivity index (χ4v) is 3.21. The molecular formula is C15H20N2O. The Labute approximate surface area is 108 Å². The molecule has 96 valence electrons. The minimum atomic E-state index is 0.0651. The second-order valence-electron chi connectivity index (χ2n) is 5.48. The van der Waals surface area contributed by atoms with E-state index in [9.17, 15) is 4.79 Å². The number of amides is 1. The maximum atomic E-state index is 12.5. The quantitative estimate of drug-likeness (QED) is 0.817. The van der Waals surface area contributed by atoms with Crippen LogP contribution in [0.5, 0.6) is 0 Å². The lowest BCUT2D eigenvalue weighted by molar-refractivity contribution is -0.136. The van der Waals surface area contributed by atoms with Crippen molar-refractivity contribution in [2.75, 3.05) is 6.54 Å². The summed E-state index contributed by atoms with van der Waals surface area (Å²) in [4.78, 5) is 14.5. The van der Waals surface area contributed by atoms with Crippen molar-refractivity contribution < 1.29 is 4.79 Å². The molecule has 1 aromatic rings. The highest BCUT2D eigenvalue weighted by Crippen LogP contribution is 2.28. The highest BCUT2D eigenvalue weighted by molar-refractivity contribution is 5.80. The van der Waals surface area contributed by atoms with Gasteiger partial charge in [-0.3, -0.25) is 4.79 Å². The normalized spacial score (nSPS) is 27.1. The lowest BCUT2D eigenvalue weighted by Gasteiger charge is -2.31. The van der Waals surface area contributed by atoms with Crippen molar-refractivity contribution in [3.63, 3.8) is 0 Å². The van der Waals surface area contributed by atoms with E-state index in [1.165, 1.54) is 11.1 Å². The van der Waals surface area contributed by atoms with E-state index in [0.29, 0.717) is 0 Å². The fourth-order valence-electron chi connectivity index (χ4n) is 3.21. The number of carbonyl (C=O) groups excluding carboxylic acids is 1. The van der Waals surface area contributed by atoms with Gasteiger partial charge in [-0.15, -0.1) is 0 Å². The van der Waals surface area contributed by atoms with Gasteiger partial charge in [0.05, 0.1) is 5.92 Å². The molecule has 0 aromatic heterocycles. The summed E-state index contributed by atoms with van der Waals surface area (Å²) in [6.45, 7) is 1.61. The Balaban J connectivity index is 1.74. The van der Waals surface area contributed by atoms with Gasteiger partial charge in [-0.05, 0) is 30.4 Å². The molecule has 0 saturated heterocycles. The summed E-state index contributed by atoms with van der Waals surface area (Å²) in [5.74, 6) is 0.338. The van der Waals surface area contributed by atoms with Crippen LogP contribution in [0.15, 0.2) is 24.3 Å². The number of rotatable bonds is 1. The van der Waals surface area contributed by atoms with E-state index in [1.54, 1.807) is 0 Å². The van der Waals surface area contributed by atoms with Gasteiger partial charge in [0.15, 0.2) is 0 Å². The summed E-state index contributed by atoms with van der Waals surface area (Å²) in [7, 11) is 0. The Morgan fingerprint density at radius 1 is 1.22 bits per heavy atom. The zero-order chi connectivity index (χ0) is 12.5. The van der Waals surface area contributed by atoms with Crippen LogP contribution in [0.4, 0.5) is 0 Å². The zero-order valence-electron chi connectivity index (χ0n) is 10.6. The number of hydrogen-bond acceptors (Lipinski definition) is 2. The molecule has 3 rings (SSSR count). The SMILES string of the molecule is NC1CCCC1C(=O)N1CCc2ccccc2C1. The van der Waals surface area contributed by atoms with E-state index in [0.717, 1.165) is 38.8 Å². The van der Waals surface area contributed by atoms with Crippen molar-refractivity contribution in [2.45, 2.75) is 38.3 Å². The zero-order valence-corrected chi connectivity index (χ0v) is 10.6. The topological polar surface area (TPSA) is 46.3 Å². The smallest absolute Gasteiger partial charge is 0.227 e. The molecule has 18 heavy (non-hydrogen) atoms. The molecule has 0 bridgehead atoms. The van der Waals surface area contributed by atoms with Gasteiger partial charge in [-0.1, -0.05) is 30.7 Å². The van der Waals surface area contributed by atoms with Crippen molar-refractivity contribution in [3.8, 4) is 0 Å². The molecule has 0 spiro atoms. The van der Waals surface area contributed by atoms with Crippen molar-refractivity contribution in [3.05, 3.63) is 35.4 Å². The third-order valence-corrected chi connectivity index (χ3v) is 4.33. The average Bonchev–Trinajstić information content (AvgIpc) is 2.83. The minimum Gasteiger partial charge on any atom is -0.338 e. The molecular weight excluding hydrogens is 224 g/mol. The van der Waals surface area contributed by atoms with Crippen LogP contribution < -0.4 is 5.73 Å². The van der Waals surface area contributed by atoms with Crippen LogP contribution in [0.1, 0.15) is 30.4 Å². The third kappa shape index (κ3) is 2.03. The largest absolute Gasteiger partial charge is 0.338 e. The van der Waals surface area contributed by atoms with Crippen LogP contribution in [0.25, 0.3) is 0 Å². The van der Waals surface area contributed by atoms with E-state index in [2.05, 4.69) is 18.2 Å². The summed E-state index contributed by atoms with van der Waals surface area (Å²) in [5.41, 5.74) is 8.72. The van der Waals surface area contributed by atoms with E-state index < -0.39 is 0 Å². The summed E-state index contributed by atoms with van der Waals surface area (Å²) in [6.07, 6.45) is 4.05. The maximum Gasteiger partial charge on any atom is 0.227 e. The van der Waals surface area contributed by atoms with Crippen LogP contribution in [0.3, 0.4) is 0 Å². The fraction of sp³-hybridized carbons (Fsp3) is 0.533. The predicted molar refractivity (Wildman–Crippen MR) is 70.9 cm³/mol. The number of fused-ring (bicyclic) bond motifs is 1. The molecule has 1 amide bonds. The molecule has 2 unspecified atom stereocenters. The summed E-state index contributed by atoms with van der Waals surface area (Å²) in [6, 6.07) is 8.49. The Morgan fingerprint density at radius 3 is 2.72 bits per heavy atom. The van der Waals surface area contributed by atoms with Crippen LogP contribution in [-0.2, 0) is 17.8 Å². The molecule has 0 radical (unpaired) electrons. The van der Waals surface area contributed by atoms with Crippen LogP contribution >= 0.6 is 0 Å². The van der Waals surface area contributed by atoms with Crippen molar-refractivity contribution >= 4 is 5.91 Å². The number of nitrogens with two attached hydrogens (primary N) is 1. The minimum absolute atomic E-state index is 0.0651. The van der Waals surface area contributed by atoms with Crippen molar-refractivity contribution in [1.29, 1.82) is 0 Å². The number of hydrogen-bond donors (Lipinski definition) is 1.